The highest BCUT2D eigenvalue weighted by Crippen LogP contribution is 2.47. The Morgan fingerprint density at radius 3 is 2.02 bits per heavy atom. The molecule has 0 saturated carbocycles. The molecule has 5 heteroatoms. The molecule has 9 rings (SSSR count). The summed E-state index contributed by atoms with van der Waals surface area (Å²) in [5.74, 6) is 0.856. The maximum atomic E-state index is 14.0. The molecule has 7 aromatic carbocycles. The Hall–Kier alpha value is -4.74. The van der Waals surface area contributed by atoms with Crippen LogP contribution < -0.4 is 0 Å². The summed E-state index contributed by atoms with van der Waals surface area (Å²) in [6, 6.07) is 34.9. The third-order valence-corrected chi connectivity index (χ3v) is 10.5. The molecule has 1 aliphatic heterocycles. The number of hydrogen-bond acceptors (Lipinski definition) is 3. The minimum atomic E-state index is -3.72. The van der Waals surface area contributed by atoms with Crippen molar-refractivity contribution in [3.8, 4) is 16.8 Å². The molecular formula is C35H22N2O2S. The molecule has 4 nitrogen and oxygen atoms in total. The third kappa shape index (κ3) is 2.56. The minimum Gasteiger partial charge on any atom is -0.293 e. The normalized spacial score (nSPS) is 14.1. The Labute approximate surface area is 230 Å². The quantitative estimate of drug-likeness (QED) is 0.165. The summed E-state index contributed by atoms with van der Waals surface area (Å²) in [5, 5.41) is 9.72. The molecule has 1 aliphatic rings. The van der Waals surface area contributed by atoms with Crippen molar-refractivity contribution < 1.29 is 8.42 Å². The first kappa shape index (κ1) is 22.1. The number of para-hydroxylation sites is 2. The number of rotatable bonds is 2. The van der Waals surface area contributed by atoms with Crippen molar-refractivity contribution in [1.82, 2.24) is 9.55 Å². The van der Waals surface area contributed by atoms with Gasteiger partial charge in [-0.1, -0.05) is 91.9 Å². The van der Waals surface area contributed by atoms with E-state index >= 15 is 0 Å². The zero-order valence-corrected chi connectivity index (χ0v) is 22.5. The van der Waals surface area contributed by atoms with Gasteiger partial charge in [-0.05, 0) is 66.9 Å². The van der Waals surface area contributed by atoms with E-state index in [4.69, 9.17) is 4.98 Å². The third-order valence-electron chi connectivity index (χ3n) is 8.64. The topological polar surface area (TPSA) is 52.0 Å². The van der Waals surface area contributed by atoms with Crippen LogP contribution >= 0.6 is 0 Å². The van der Waals surface area contributed by atoms with Gasteiger partial charge in [0.05, 0.1) is 26.5 Å². The Morgan fingerprint density at radius 1 is 0.625 bits per heavy atom. The van der Waals surface area contributed by atoms with Gasteiger partial charge < -0.3 is 0 Å². The molecule has 0 spiro atoms. The van der Waals surface area contributed by atoms with E-state index in [0.717, 1.165) is 22.3 Å². The molecule has 0 aliphatic carbocycles. The summed E-state index contributed by atoms with van der Waals surface area (Å²) in [4.78, 5) is 5.51. The van der Waals surface area contributed by atoms with E-state index in [1.165, 1.54) is 37.7 Å². The molecule has 1 aromatic heterocycles. The number of sulfone groups is 1. The molecule has 0 amide bonds. The predicted molar refractivity (Wildman–Crippen MR) is 163 cm³/mol. The molecule has 40 heavy (non-hydrogen) atoms. The van der Waals surface area contributed by atoms with E-state index < -0.39 is 9.84 Å². The minimum absolute atomic E-state index is 0.323. The van der Waals surface area contributed by atoms with Crippen LogP contribution in [0, 0.1) is 0 Å². The summed E-state index contributed by atoms with van der Waals surface area (Å²) in [7, 11) is -3.72. The summed E-state index contributed by atoms with van der Waals surface area (Å²) in [6.45, 7) is 2.07. The Balaban J connectivity index is 1.47. The van der Waals surface area contributed by atoms with Gasteiger partial charge in [0.2, 0.25) is 9.84 Å². The maximum absolute atomic E-state index is 14.0. The zero-order chi connectivity index (χ0) is 26.7. The predicted octanol–water partition coefficient (Wildman–Crippen LogP) is 8.45. The highest BCUT2D eigenvalue weighted by atomic mass is 32.2. The van der Waals surface area contributed by atoms with Gasteiger partial charge in [0.25, 0.3) is 0 Å². The standard InChI is InChI=1S/C35H22N2O2S/c1-2-31-36-28-15-7-17-30-35(28)37(31)34-27(14-6-16-29(34)40(30,38)39)21-18-19-26-24-11-4-9-20-8-3-10-23(32(20)24)25-13-5-12-22(21)33(25)26/h3-19H,2H2,1H3. The zero-order valence-electron chi connectivity index (χ0n) is 21.6. The maximum Gasteiger partial charge on any atom is 0.210 e. The summed E-state index contributed by atoms with van der Waals surface area (Å²) >= 11 is 0. The fraction of sp³-hybridized carbons (Fsp3) is 0.0571. The van der Waals surface area contributed by atoms with Gasteiger partial charge in [-0.2, -0.15) is 0 Å². The van der Waals surface area contributed by atoms with Crippen LogP contribution in [0.15, 0.2) is 113 Å². The largest absolute Gasteiger partial charge is 0.293 e. The molecule has 0 bridgehead atoms. The fourth-order valence-corrected chi connectivity index (χ4v) is 8.68. The van der Waals surface area contributed by atoms with Crippen LogP contribution in [0.5, 0.6) is 0 Å². The highest BCUT2D eigenvalue weighted by Gasteiger charge is 2.35. The van der Waals surface area contributed by atoms with Crippen molar-refractivity contribution >= 4 is 64.0 Å². The first-order valence-corrected chi connectivity index (χ1v) is 15.0. The second kappa shape index (κ2) is 7.46. The van der Waals surface area contributed by atoms with Crippen molar-refractivity contribution in [3.05, 3.63) is 109 Å². The van der Waals surface area contributed by atoms with Crippen molar-refractivity contribution in [2.75, 3.05) is 0 Å². The average Bonchev–Trinajstić information content (AvgIpc) is 3.37. The van der Waals surface area contributed by atoms with Crippen LogP contribution in [0.2, 0.25) is 0 Å². The molecule has 0 atom stereocenters. The number of fused-ring (bicyclic) bond motifs is 4. The van der Waals surface area contributed by atoms with Crippen LogP contribution in [0.3, 0.4) is 0 Å². The van der Waals surface area contributed by atoms with Crippen LogP contribution in [-0.2, 0) is 16.3 Å². The van der Waals surface area contributed by atoms with E-state index in [2.05, 4.69) is 84.3 Å². The van der Waals surface area contributed by atoms with Crippen LogP contribution in [0.4, 0.5) is 0 Å². The number of aromatic nitrogens is 2. The van der Waals surface area contributed by atoms with Crippen LogP contribution in [-0.4, -0.2) is 18.0 Å². The first-order chi connectivity index (χ1) is 19.6. The van der Waals surface area contributed by atoms with Gasteiger partial charge in [-0.25, -0.2) is 13.4 Å². The van der Waals surface area contributed by atoms with Gasteiger partial charge in [0.15, 0.2) is 0 Å². The molecule has 8 aromatic rings. The lowest BCUT2D eigenvalue weighted by molar-refractivity contribution is 0.594. The molecule has 0 N–H and O–H groups in total. The molecule has 2 heterocycles. The molecule has 0 saturated heterocycles. The number of aryl methyl sites for hydroxylation is 1. The SMILES string of the molecule is CCc1nc2cccc3c2n1-c1c(-c2ccc4c5cccc6cccc(c7cccc2c74)c65)cccc1S3(=O)=O. The number of benzene rings is 7. The molecule has 190 valence electrons. The number of hydrogen-bond donors (Lipinski definition) is 0. The Morgan fingerprint density at radius 2 is 1.25 bits per heavy atom. The van der Waals surface area contributed by atoms with E-state index in [1.54, 1.807) is 18.2 Å². The lowest BCUT2D eigenvalue weighted by Gasteiger charge is -2.24. The van der Waals surface area contributed by atoms with Gasteiger partial charge in [-0.3, -0.25) is 4.57 Å². The smallest absolute Gasteiger partial charge is 0.210 e. The molecule has 0 unspecified atom stereocenters. The lowest BCUT2D eigenvalue weighted by atomic mass is 9.87. The van der Waals surface area contributed by atoms with Crippen molar-refractivity contribution in [2.45, 2.75) is 23.1 Å². The van der Waals surface area contributed by atoms with Crippen molar-refractivity contribution in [3.63, 3.8) is 0 Å². The molecule has 0 fully saturated rings. The second-order valence-corrected chi connectivity index (χ2v) is 12.5. The van der Waals surface area contributed by atoms with Crippen molar-refractivity contribution in [2.24, 2.45) is 0 Å². The van der Waals surface area contributed by atoms with E-state index in [1.807, 2.05) is 12.1 Å². The van der Waals surface area contributed by atoms with Crippen LogP contribution in [0.1, 0.15) is 12.7 Å². The van der Waals surface area contributed by atoms with Gasteiger partial charge in [-0.15, -0.1) is 0 Å². The summed E-state index contributed by atoms with van der Waals surface area (Å²) < 4.78 is 30.1. The van der Waals surface area contributed by atoms with E-state index in [-0.39, 0.29) is 0 Å². The monoisotopic (exact) mass is 534 g/mol. The fourth-order valence-electron chi connectivity index (χ4n) is 7.02. The second-order valence-electron chi connectivity index (χ2n) is 10.6. The summed E-state index contributed by atoms with van der Waals surface area (Å²) in [5.41, 5.74) is 3.98. The van der Waals surface area contributed by atoms with E-state index in [9.17, 15) is 8.42 Å². The molecule has 0 radical (unpaired) electrons. The number of nitrogens with zero attached hydrogens (tertiary/aromatic N) is 2. The van der Waals surface area contributed by atoms with Crippen LogP contribution in [0.25, 0.3) is 70.9 Å². The summed E-state index contributed by atoms with van der Waals surface area (Å²) in [6.07, 6.45) is 0.687. The first-order valence-electron chi connectivity index (χ1n) is 13.6. The Bertz CT molecular complexity index is 2440. The van der Waals surface area contributed by atoms with Gasteiger partial charge in [0, 0.05) is 12.0 Å². The average molecular weight is 535 g/mol. The highest BCUT2D eigenvalue weighted by molar-refractivity contribution is 7.92. The van der Waals surface area contributed by atoms with Gasteiger partial charge in [0.1, 0.15) is 5.82 Å². The number of imidazole rings is 1. The van der Waals surface area contributed by atoms with Gasteiger partial charge >= 0.3 is 0 Å². The molecular weight excluding hydrogens is 512 g/mol. The Kier molecular flexibility index (Phi) is 4.13. The lowest BCUT2D eigenvalue weighted by Crippen LogP contribution is -2.17. The van der Waals surface area contributed by atoms with Crippen molar-refractivity contribution in [1.29, 1.82) is 0 Å². The van der Waals surface area contributed by atoms with E-state index in [0.29, 0.717) is 32.9 Å².